The Bertz CT molecular complexity index is 583. The van der Waals surface area contributed by atoms with Crippen LogP contribution < -0.4 is 0 Å². The van der Waals surface area contributed by atoms with Gasteiger partial charge in [0.05, 0.1) is 10.8 Å². The van der Waals surface area contributed by atoms with Crippen molar-refractivity contribution in [2.24, 2.45) is 0 Å². The molecular weight excluding hydrogens is 320 g/mol. The van der Waals surface area contributed by atoms with Crippen LogP contribution in [-0.4, -0.2) is 10.5 Å². The fourth-order valence-electron chi connectivity index (χ4n) is 1.64. The van der Waals surface area contributed by atoms with Crippen LogP contribution in [0.3, 0.4) is 0 Å². The molecule has 0 saturated heterocycles. The Morgan fingerprint density at radius 1 is 1.12 bits per heavy atom. The molecular formula is C13H10BrClOS. The minimum atomic E-state index is -1.03. The van der Waals surface area contributed by atoms with E-state index in [9.17, 15) is 4.21 Å². The van der Waals surface area contributed by atoms with E-state index in [0.29, 0.717) is 5.02 Å². The van der Waals surface area contributed by atoms with Crippen LogP contribution in [0.2, 0.25) is 5.02 Å². The van der Waals surface area contributed by atoms with Gasteiger partial charge in [-0.3, -0.25) is 4.21 Å². The molecule has 0 amide bonds. The lowest BCUT2D eigenvalue weighted by molar-refractivity contribution is 0.687. The maximum absolute atomic E-state index is 11.7. The van der Waals surface area contributed by atoms with E-state index in [-0.39, 0.29) is 0 Å². The average molecular weight is 330 g/mol. The standard InChI is InChI=1S/C13H10BrClOS/c1-17(16)13-5-3-2-4-10(13)11-8-9(14)6-7-12(11)15/h2-8H,1H3. The van der Waals surface area contributed by atoms with E-state index >= 15 is 0 Å². The first kappa shape index (κ1) is 12.8. The molecule has 17 heavy (non-hydrogen) atoms. The summed E-state index contributed by atoms with van der Waals surface area (Å²) in [4.78, 5) is 0.799. The summed E-state index contributed by atoms with van der Waals surface area (Å²) in [5.41, 5.74) is 1.81. The Balaban J connectivity index is 2.68. The quantitative estimate of drug-likeness (QED) is 0.792. The molecule has 2 rings (SSSR count). The third-order valence-corrected chi connectivity index (χ3v) is 4.21. The summed E-state index contributed by atoms with van der Waals surface area (Å²) < 4.78 is 12.6. The van der Waals surface area contributed by atoms with Crippen molar-refractivity contribution in [2.75, 3.05) is 6.26 Å². The molecule has 0 N–H and O–H groups in total. The lowest BCUT2D eigenvalue weighted by Crippen LogP contribution is -1.92. The predicted molar refractivity (Wildman–Crippen MR) is 76.9 cm³/mol. The van der Waals surface area contributed by atoms with Gasteiger partial charge in [0.2, 0.25) is 0 Å². The molecule has 0 fully saturated rings. The summed E-state index contributed by atoms with van der Waals surface area (Å²) in [6.45, 7) is 0. The first-order valence-corrected chi connectivity index (χ1v) is 7.70. The van der Waals surface area contributed by atoms with Gasteiger partial charge in [0.25, 0.3) is 0 Å². The maximum atomic E-state index is 11.7. The van der Waals surface area contributed by atoms with Gasteiger partial charge < -0.3 is 0 Å². The molecule has 0 radical (unpaired) electrons. The summed E-state index contributed by atoms with van der Waals surface area (Å²) in [5.74, 6) is 0. The molecule has 1 nitrogen and oxygen atoms in total. The van der Waals surface area contributed by atoms with Crippen molar-refractivity contribution in [2.45, 2.75) is 4.90 Å². The number of hydrogen-bond acceptors (Lipinski definition) is 1. The van der Waals surface area contributed by atoms with Crippen LogP contribution >= 0.6 is 27.5 Å². The van der Waals surface area contributed by atoms with E-state index in [2.05, 4.69) is 15.9 Å². The smallest absolute Gasteiger partial charge is 0.0504 e. The van der Waals surface area contributed by atoms with Gasteiger partial charge in [0.1, 0.15) is 0 Å². The van der Waals surface area contributed by atoms with Crippen LogP contribution in [0.5, 0.6) is 0 Å². The van der Waals surface area contributed by atoms with E-state index in [1.54, 1.807) is 6.26 Å². The molecule has 88 valence electrons. The van der Waals surface area contributed by atoms with Crippen LogP contribution in [0.15, 0.2) is 51.8 Å². The van der Waals surface area contributed by atoms with Gasteiger partial charge in [-0.1, -0.05) is 45.7 Å². The van der Waals surface area contributed by atoms with Crippen LogP contribution in [0.1, 0.15) is 0 Å². The summed E-state index contributed by atoms with van der Waals surface area (Å²) >= 11 is 9.61. The highest BCUT2D eigenvalue weighted by molar-refractivity contribution is 9.10. The monoisotopic (exact) mass is 328 g/mol. The summed E-state index contributed by atoms with van der Waals surface area (Å²) in [6.07, 6.45) is 1.67. The highest BCUT2D eigenvalue weighted by Crippen LogP contribution is 2.33. The molecule has 0 aromatic heterocycles. The molecule has 0 saturated carbocycles. The Labute approximate surface area is 116 Å². The first-order chi connectivity index (χ1) is 8.09. The largest absolute Gasteiger partial charge is 0.255 e. The van der Waals surface area contributed by atoms with Gasteiger partial charge >= 0.3 is 0 Å². The molecule has 0 aliphatic heterocycles. The lowest BCUT2D eigenvalue weighted by Gasteiger charge is -2.09. The number of rotatable bonds is 2. The zero-order valence-electron chi connectivity index (χ0n) is 9.11. The number of hydrogen-bond donors (Lipinski definition) is 0. The summed E-state index contributed by atoms with van der Waals surface area (Å²) in [6, 6.07) is 13.3. The Morgan fingerprint density at radius 2 is 1.82 bits per heavy atom. The fraction of sp³-hybridized carbons (Fsp3) is 0.0769. The third-order valence-electron chi connectivity index (χ3n) is 2.42. The second kappa shape index (κ2) is 5.34. The van der Waals surface area contributed by atoms with E-state index in [1.165, 1.54) is 0 Å². The van der Waals surface area contributed by atoms with Gasteiger partial charge in [0.15, 0.2) is 0 Å². The lowest BCUT2D eigenvalue weighted by atomic mass is 10.1. The molecule has 4 heteroatoms. The summed E-state index contributed by atoms with van der Waals surface area (Å²) in [7, 11) is -1.03. The average Bonchev–Trinajstić information content (AvgIpc) is 2.32. The molecule has 0 spiro atoms. The second-order valence-corrected chi connectivity index (χ2v) is 6.25. The summed E-state index contributed by atoms with van der Waals surface area (Å²) in [5, 5.41) is 0.658. The number of benzene rings is 2. The van der Waals surface area contributed by atoms with Gasteiger partial charge in [0, 0.05) is 26.2 Å². The van der Waals surface area contributed by atoms with E-state index < -0.39 is 10.8 Å². The SMILES string of the molecule is CS(=O)c1ccccc1-c1cc(Br)ccc1Cl. The van der Waals surface area contributed by atoms with Crippen molar-refractivity contribution < 1.29 is 4.21 Å². The predicted octanol–water partition coefficient (Wildman–Crippen LogP) is 4.51. The van der Waals surface area contributed by atoms with Crippen LogP contribution in [0, 0.1) is 0 Å². The minimum absolute atomic E-state index is 0.658. The topological polar surface area (TPSA) is 17.1 Å². The maximum Gasteiger partial charge on any atom is 0.0504 e. The second-order valence-electron chi connectivity index (χ2n) is 3.57. The van der Waals surface area contributed by atoms with Gasteiger partial charge in [-0.25, -0.2) is 0 Å². The van der Waals surface area contributed by atoms with Gasteiger partial charge in [-0.2, -0.15) is 0 Å². The van der Waals surface area contributed by atoms with Crippen LogP contribution in [-0.2, 0) is 10.8 Å². The van der Waals surface area contributed by atoms with E-state index in [1.807, 2.05) is 42.5 Å². The van der Waals surface area contributed by atoms with E-state index in [4.69, 9.17) is 11.6 Å². The number of halogens is 2. The van der Waals surface area contributed by atoms with Crippen molar-refractivity contribution in [3.63, 3.8) is 0 Å². The molecule has 2 aromatic carbocycles. The molecule has 2 aromatic rings. The van der Waals surface area contributed by atoms with Crippen LogP contribution in [0.25, 0.3) is 11.1 Å². The zero-order valence-corrected chi connectivity index (χ0v) is 12.3. The third kappa shape index (κ3) is 2.79. The normalized spacial score (nSPS) is 12.4. The Hall–Kier alpha value is -0.640. The Morgan fingerprint density at radius 3 is 2.53 bits per heavy atom. The molecule has 0 aliphatic carbocycles. The fourth-order valence-corrected chi connectivity index (χ4v) is 2.98. The van der Waals surface area contributed by atoms with E-state index in [0.717, 1.165) is 20.5 Å². The van der Waals surface area contributed by atoms with Crippen molar-refractivity contribution in [1.82, 2.24) is 0 Å². The van der Waals surface area contributed by atoms with Crippen molar-refractivity contribution in [3.8, 4) is 11.1 Å². The molecule has 1 atom stereocenters. The first-order valence-electron chi connectivity index (χ1n) is 4.97. The van der Waals surface area contributed by atoms with Crippen molar-refractivity contribution in [3.05, 3.63) is 52.0 Å². The van der Waals surface area contributed by atoms with Crippen LogP contribution in [0.4, 0.5) is 0 Å². The minimum Gasteiger partial charge on any atom is -0.255 e. The highest BCUT2D eigenvalue weighted by Gasteiger charge is 2.10. The molecule has 0 aliphatic rings. The molecule has 1 unspecified atom stereocenters. The molecule has 0 bridgehead atoms. The van der Waals surface area contributed by atoms with Crippen molar-refractivity contribution >= 4 is 38.3 Å². The van der Waals surface area contributed by atoms with Gasteiger partial charge in [-0.05, 0) is 29.8 Å². The molecule has 0 heterocycles. The van der Waals surface area contributed by atoms with Gasteiger partial charge in [-0.15, -0.1) is 0 Å². The Kier molecular flexibility index (Phi) is 4.02. The van der Waals surface area contributed by atoms with Crippen molar-refractivity contribution in [1.29, 1.82) is 0 Å². The highest BCUT2D eigenvalue weighted by atomic mass is 79.9. The zero-order chi connectivity index (χ0) is 12.4.